The predicted molar refractivity (Wildman–Crippen MR) is 82.8 cm³/mol. The van der Waals surface area contributed by atoms with Crippen molar-refractivity contribution in [2.24, 2.45) is 0 Å². The summed E-state index contributed by atoms with van der Waals surface area (Å²) in [6, 6.07) is 2.01. The number of nitrogens with zero attached hydrogens (tertiary/aromatic N) is 1. The maximum atomic E-state index is 12.3. The highest BCUT2D eigenvalue weighted by molar-refractivity contribution is 7.98. The van der Waals surface area contributed by atoms with Gasteiger partial charge in [-0.3, -0.25) is 4.79 Å². The second kappa shape index (κ2) is 8.26. The molecule has 1 amide bonds. The third-order valence-electron chi connectivity index (χ3n) is 2.86. The van der Waals surface area contributed by atoms with Crippen LogP contribution in [0.5, 0.6) is 0 Å². The number of aliphatic hydroxyl groups excluding tert-OH is 1. The normalized spacial score (nSPS) is 11.6. The first kappa shape index (κ1) is 16.1. The molecule has 0 aliphatic heterocycles. The molecule has 0 radical (unpaired) electrons. The van der Waals surface area contributed by atoms with E-state index in [2.05, 4.69) is 25.0 Å². The van der Waals surface area contributed by atoms with Crippen molar-refractivity contribution in [3.05, 3.63) is 21.9 Å². The Kier molecular flexibility index (Phi) is 7.00. The fraction of sp³-hybridized carbons (Fsp3) is 0.500. The monoisotopic (exact) mass is 297 g/mol. The van der Waals surface area contributed by atoms with Crippen molar-refractivity contribution in [2.75, 3.05) is 25.7 Å². The summed E-state index contributed by atoms with van der Waals surface area (Å²) >= 11 is 3.22. The minimum atomic E-state index is -0.160. The third kappa shape index (κ3) is 4.90. The summed E-state index contributed by atoms with van der Waals surface area (Å²) in [5.74, 6) is 6.48. The van der Waals surface area contributed by atoms with E-state index in [9.17, 15) is 4.79 Å². The second-order valence-electron chi connectivity index (χ2n) is 4.21. The molecule has 1 rings (SSSR count). The zero-order valence-electron chi connectivity index (χ0n) is 11.5. The molecule has 19 heavy (non-hydrogen) atoms. The Balaban J connectivity index is 2.68. The van der Waals surface area contributed by atoms with Crippen molar-refractivity contribution in [1.82, 2.24) is 4.90 Å². The van der Waals surface area contributed by atoms with E-state index in [0.29, 0.717) is 5.56 Å². The third-order valence-corrected chi connectivity index (χ3v) is 4.35. The van der Waals surface area contributed by atoms with Crippen LogP contribution in [0.25, 0.3) is 0 Å². The summed E-state index contributed by atoms with van der Waals surface area (Å²) in [7, 11) is 1.84. The molecule has 104 valence electrons. The van der Waals surface area contributed by atoms with Crippen molar-refractivity contribution < 1.29 is 9.90 Å². The van der Waals surface area contributed by atoms with E-state index < -0.39 is 0 Å². The van der Waals surface area contributed by atoms with E-state index >= 15 is 0 Å². The Labute approximate surface area is 123 Å². The predicted octanol–water partition coefficient (Wildman–Crippen LogP) is 2.31. The number of thiophene rings is 1. The summed E-state index contributed by atoms with van der Waals surface area (Å²) in [6.45, 7) is 1.90. The van der Waals surface area contributed by atoms with Gasteiger partial charge in [-0.15, -0.1) is 11.3 Å². The quantitative estimate of drug-likeness (QED) is 0.848. The first-order valence-electron chi connectivity index (χ1n) is 6.04. The highest BCUT2D eigenvalue weighted by Crippen LogP contribution is 2.17. The number of amides is 1. The highest BCUT2D eigenvalue weighted by atomic mass is 32.2. The number of rotatable bonds is 5. The standard InChI is InChI=1S/C14H19NO2S2/c1-11(6-8-18-3)15(2)14(17)12-9-13(19-10-12)5-4-7-16/h9-11,16H,6-8H2,1-3H3. The molecule has 0 bridgehead atoms. The average molecular weight is 297 g/mol. The van der Waals surface area contributed by atoms with Crippen LogP contribution in [0, 0.1) is 11.8 Å². The van der Waals surface area contributed by atoms with Gasteiger partial charge in [0.25, 0.3) is 5.91 Å². The lowest BCUT2D eigenvalue weighted by Crippen LogP contribution is -2.35. The molecule has 1 unspecified atom stereocenters. The zero-order chi connectivity index (χ0) is 14.3. The van der Waals surface area contributed by atoms with Crippen molar-refractivity contribution in [3.63, 3.8) is 0 Å². The lowest BCUT2D eigenvalue weighted by atomic mass is 10.2. The molecule has 0 aliphatic rings. The van der Waals surface area contributed by atoms with E-state index in [1.807, 2.05) is 12.4 Å². The highest BCUT2D eigenvalue weighted by Gasteiger charge is 2.18. The van der Waals surface area contributed by atoms with Gasteiger partial charge in [0.15, 0.2) is 0 Å². The zero-order valence-corrected chi connectivity index (χ0v) is 13.1. The van der Waals surface area contributed by atoms with Gasteiger partial charge in [0.05, 0.1) is 10.4 Å². The number of carbonyl (C=O) groups is 1. The van der Waals surface area contributed by atoms with Gasteiger partial charge in [0.1, 0.15) is 6.61 Å². The Morgan fingerprint density at radius 3 is 3.00 bits per heavy atom. The van der Waals surface area contributed by atoms with Crippen LogP contribution in [0.3, 0.4) is 0 Å². The van der Waals surface area contributed by atoms with Gasteiger partial charge >= 0.3 is 0 Å². The molecule has 0 saturated heterocycles. The molecule has 1 aromatic rings. The van der Waals surface area contributed by atoms with Crippen LogP contribution < -0.4 is 0 Å². The Bertz CT molecular complexity index is 473. The summed E-state index contributed by atoms with van der Waals surface area (Å²) in [5, 5.41) is 10.5. The van der Waals surface area contributed by atoms with Gasteiger partial charge < -0.3 is 10.0 Å². The fourth-order valence-corrected chi connectivity index (χ4v) is 2.85. The van der Waals surface area contributed by atoms with Gasteiger partial charge in [-0.1, -0.05) is 11.8 Å². The SMILES string of the molecule is CSCCC(C)N(C)C(=O)c1csc(C#CCO)c1. The van der Waals surface area contributed by atoms with Gasteiger partial charge in [-0.05, 0) is 31.4 Å². The van der Waals surface area contributed by atoms with Crippen LogP contribution in [-0.4, -0.2) is 47.6 Å². The van der Waals surface area contributed by atoms with Gasteiger partial charge in [-0.2, -0.15) is 11.8 Å². The summed E-state index contributed by atoms with van der Waals surface area (Å²) in [4.78, 5) is 14.9. The van der Waals surface area contributed by atoms with Crippen LogP contribution in [0.4, 0.5) is 0 Å². The fourth-order valence-electron chi connectivity index (χ4n) is 1.53. The molecule has 0 spiro atoms. The second-order valence-corrected chi connectivity index (χ2v) is 6.10. The molecule has 0 saturated carbocycles. The molecular formula is C14H19NO2S2. The summed E-state index contributed by atoms with van der Waals surface area (Å²) in [6.07, 6.45) is 3.06. The first-order valence-corrected chi connectivity index (χ1v) is 8.31. The largest absolute Gasteiger partial charge is 0.384 e. The molecule has 0 aliphatic carbocycles. The summed E-state index contributed by atoms with van der Waals surface area (Å²) in [5.41, 5.74) is 0.672. The van der Waals surface area contributed by atoms with Gasteiger partial charge in [0, 0.05) is 18.5 Å². The molecular weight excluding hydrogens is 278 g/mol. The van der Waals surface area contributed by atoms with E-state index in [0.717, 1.165) is 17.1 Å². The molecule has 0 fully saturated rings. The number of thioether (sulfide) groups is 1. The van der Waals surface area contributed by atoms with Crippen LogP contribution >= 0.6 is 23.1 Å². The molecule has 0 aromatic carbocycles. The number of hydrogen-bond donors (Lipinski definition) is 1. The van der Waals surface area contributed by atoms with Crippen LogP contribution in [-0.2, 0) is 0 Å². The number of aliphatic hydroxyl groups is 1. The molecule has 1 atom stereocenters. The molecule has 1 heterocycles. The topological polar surface area (TPSA) is 40.5 Å². The maximum absolute atomic E-state index is 12.3. The number of hydrogen-bond acceptors (Lipinski definition) is 4. The summed E-state index contributed by atoms with van der Waals surface area (Å²) < 4.78 is 0. The minimum absolute atomic E-state index is 0.0295. The van der Waals surface area contributed by atoms with E-state index in [1.54, 1.807) is 22.7 Å². The van der Waals surface area contributed by atoms with Crippen LogP contribution in [0.1, 0.15) is 28.6 Å². The van der Waals surface area contributed by atoms with Gasteiger partial charge in [-0.25, -0.2) is 0 Å². The number of carbonyl (C=O) groups excluding carboxylic acids is 1. The van der Waals surface area contributed by atoms with Crippen molar-refractivity contribution in [2.45, 2.75) is 19.4 Å². The van der Waals surface area contributed by atoms with E-state index in [-0.39, 0.29) is 18.6 Å². The van der Waals surface area contributed by atoms with Crippen LogP contribution in [0.15, 0.2) is 11.4 Å². The Morgan fingerprint density at radius 1 is 1.63 bits per heavy atom. The average Bonchev–Trinajstić information content (AvgIpc) is 2.89. The maximum Gasteiger partial charge on any atom is 0.254 e. The Morgan fingerprint density at radius 2 is 2.37 bits per heavy atom. The van der Waals surface area contributed by atoms with E-state index in [1.165, 1.54) is 11.3 Å². The van der Waals surface area contributed by atoms with E-state index in [4.69, 9.17) is 5.11 Å². The molecule has 1 N–H and O–H groups in total. The van der Waals surface area contributed by atoms with Crippen molar-refractivity contribution in [1.29, 1.82) is 0 Å². The smallest absolute Gasteiger partial charge is 0.254 e. The van der Waals surface area contributed by atoms with Crippen molar-refractivity contribution in [3.8, 4) is 11.8 Å². The Hall–Kier alpha value is -0.960. The first-order chi connectivity index (χ1) is 9.10. The molecule has 5 heteroatoms. The van der Waals surface area contributed by atoms with Crippen molar-refractivity contribution >= 4 is 29.0 Å². The lowest BCUT2D eigenvalue weighted by molar-refractivity contribution is 0.0742. The molecule has 3 nitrogen and oxygen atoms in total. The van der Waals surface area contributed by atoms with Crippen LogP contribution in [0.2, 0.25) is 0 Å². The minimum Gasteiger partial charge on any atom is -0.384 e. The lowest BCUT2D eigenvalue weighted by Gasteiger charge is -2.24. The van der Waals surface area contributed by atoms with Gasteiger partial charge in [0.2, 0.25) is 0 Å². The molecule has 1 aromatic heterocycles.